The van der Waals surface area contributed by atoms with Crippen LogP contribution in [0.4, 0.5) is 5.13 Å². The highest BCUT2D eigenvalue weighted by Crippen LogP contribution is 2.27. The van der Waals surface area contributed by atoms with Gasteiger partial charge in [0.1, 0.15) is 5.75 Å². The lowest BCUT2D eigenvalue weighted by Crippen LogP contribution is -2.30. The average Bonchev–Trinajstić information content (AvgIpc) is 2.92. The number of rotatable bonds is 5. The third-order valence-electron chi connectivity index (χ3n) is 2.90. The second-order valence-electron chi connectivity index (χ2n) is 4.70. The first-order valence-corrected chi connectivity index (χ1v) is 8.94. The molecule has 1 atom stereocenters. The van der Waals surface area contributed by atoms with Gasteiger partial charge >= 0.3 is 0 Å². The number of halogens is 1. The van der Waals surface area contributed by atoms with Crippen LogP contribution in [-0.4, -0.2) is 28.5 Å². The molecule has 0 saturated carbocycles. The van der Waals surface area contributed by atoms with Gasteiger partial charge in [-0.3, -0.25) is 10.1 Å². The SMILES string of the molecule is CSc1nnc(NC(=O)[C@H](C)Oc2cc(C)c(Cl)c(C)c2)s1. The van der Waals surface area contributed by atoms with Gasteiger partial charge in [0.05, 0.1) is 0 Å². The number of carbonyl (C=O) groups is 1. The number of hydrogen-bond acceptors (Lipinski definition) is 6. The summed E-state index contributed by atoms with van der Waals surface area (Å²) >= 11 is 8.93. The van der Waals surface area contributed by atoms with E-state index >= 15 is 0 Å². The Balaban J connectivity index is 2.02. The van der Waals surface area contributed by atoms with E-state index in [9.17, 15) is 4.79 Å². The molecule has 0 radical (unpaired) electrons. The topological polar surface area (TPSA) is 64.1 Å². The van der Waals surface area contributed by atoms with Crippen LogP contribution >= 0.6 is 34.7 Å². The number of amides is 1. The number of nitrogens with zero attached hydrogens (tertiary/aromatic N) is 2. The van der Waals surface area contributed by atoms with Crippen molar-refractivity contribution < 1.29 is 9.53 Å². The van der Waals surface area contributed by atoms with Crippen LogP contribution in [0, 0.1) is 13.8 Å². The van der Waals surface area contributed by atoms with Crippen LogP contribution in [0.2, 0.25) is 5.02 Å². The number of hydrogen-bond donors (Lipinski definition) is 1. The molecule has 0 aliphatic heterocycles. The Labute approximate surface area is 142 Å². The van der Waals surface area contributed by atoms with E-state index < -0.39 is 6.10 Å². The second-order valence-corrected chi connectivity index (χ2v) is 7.11. The van der Waals surface area contributed by atoms with Crippen LogP contribution in [0.1, 0.15) is 18.1 Å². The molecule has 0 saturated heterocycles. The van der Waals surface area contributed by atoms with Crippen molar-refractivity contribution in [2.24, 2.45) is 0 Å². The molecule has 1 heterocycles. The van der Waals surface area contributed by atoms with Gasteiger partial charge in [-0.15, -0.1) is 10.2 Å². The molecule has 1 amide bonds. The van der Waals surface area contributed by atoms with E-state index in [1.165, 1.54) is 23.1 Å². The van der Waals surface area contributed by atoms with E-state index in [1.807, 2.05) is 32.2 Å². The number of aromatic nitrogens is 2. The zero-order valence-corrected chi connectivity index (χ0v) is 15.0. The minimum Gasteiger partial charge on any atom is -0.481 e. The fraction of sp³-hybridized carbons (Fsp3) is 0.357. The molecule has 0 unspecified atom stereocenters. The van der Waals surface area contributed by atoms with Crippen LogP contribution < -0.4 is 10.1 Å². The number of carbonyl (C=O) groups excluding carboxylic acids is 1. The zero-order valence-electron chi connectivity index (χ0n) is 12.6. The largest absolute Gasteiger partial charge is 0.481 e. The zero-order chi connectivity index (χ0) is 16.3. The fourth-order valence-corrected chi connectivity index (χ4v) is 3.06. The molecule has 5 nitrogen and oxygen atoms in total. The average molecular weight is 358 g/mol. The number of ether oxygens (including phenoxy) is 1. The molecule has 2 aromatic rings. The normalized spacial score (nSPS) is 12.0. The van der Waals surface area contributed by atoms with Gasteiger partial charge in [0, 0.05) is 5.02 Å². The molecule has 22 heavy (non-hydrogen) atoms. The Kier molecular flexibility index (Phi) is 5.66. The van der Waals surface area contributed by atoms with Crippen molar-refractivity contribution in [3.63, 3.8) is 0 Å². The summed E-state index contributed by atoms with van der Waals surface area (Å²) in [7, 11) is 0. The third-order valence-corrected chi connectivity index (χ3v) is 5.31. The van der Waals surface area contributed by atoms with Crippen molar-refractivity contribution >= 4 is 45.7 Å². The Morgan fingerprint density at radius 3 is 2.55 bits per heavy atom. The summed E-state index contributed by atoms with van der Waals surface area (Å²) in [6.45, 7) is 5.49. The van der Waals surface area contributed by atoms with E-state index in [0.29, 0.717) is 15.9 Å². The third kappa shape index (κ3) is 4.12. The molecule has 0 aliphatic carbocycles. The lowest BCUT2D eigenvalue weighted by molar-refractivity contribution is -0.122. The van der Waals surface area contributed by atoms with Crippen LogP contribution in [0.15, 0.2) is 16.5 Å². The summed E-state index contributed by atoms with van der Waals surface area (Å²) in [5.41, 5.74) is 1.83. The molecule has 118 valence electrons. The van der Waals surface area contributed by atoms with Crippen molar-refractivity contribution in [3.05, 3.63) is 28.3 Å². The minimum atomic E-state index is -0.651. The molecule has 1 aromatic heterocycles. The van der Waals surface area contributed by atoms with Crippen molar-refractivity contribution in [3.8, 4) is 5.75 Å². The molecule has 8 heteroatoms. The molecule has 1 N–H and O–H groups in total. The molecule has 0 bridgehead atoms. The quantitative estimate of drug-likeness (QED) is 0.648. The van der Waals surface area contributed by atoms with Gasteiger partial charge in [0.2, 0.25) is 5.13 Å². The molecular weight excluding hydrogens is 342 g/mol. The predicted molar refractivity (Wildman–Crippen MR) is 91.3 cm³/mol. The van der Waals surface area contributed by atoms with Gasteiger partial charge in [0.15, 0.2) is 10.4 Å². The van der Waals surface area contributed by atoms with Crippen molar-refractivity contribution in [2.45, 2.75) is 31.2 Å². The maximum atomic E-state index is 12.1. The minimum absolute atomic E-state index is 0.269. The standard InChI is InChI=1S/C14H16ClN3O2S2/c1-7-5-10(6-8(2)11(7)15)20-9(3)12(19)16-13-17-18-14(21-4)22-13/h5-6,9H,1-4H3,(H,16,17,19)/t9-/m0/s1. The van der Waals surface area contributed by atoms with Gasteiger partial charge in [-0.25, -0.2) is 0 Å². The lowest BCUT2D eigenvalue weighted by atomic mass is 10.1. The van der Waals surface area contributed by atoms with Crippen LogP contribution in [0.5, 0.6) is 5.75 Å². The highest BCUT2D eigenvalue weighted by Gasteiger charge is 2.17. The second kappa shape index (κ2) is 7.30. The smallest absolute Gasteiger partial charge is 0.266 e. The summed E-state index contributed by atoms with van der Waals surface area (Å²) < 4.78 is 6.48. The molecule has 2 rings (SSSR count). The molecule has 0 aliphatic rings. The van der Waals surface area contributed by atoms with Gasteiger partial charge in [-0.2, -0.15) is 0 Å². The number of nitrogens with one attached hydrogen (secondary N) is 1. The number of anilines is 1. The Bertz CT molecular complexity index is 667. The lowest BCUT2D eigenvalue weighted by Gasteiger charge is -2.15. The summed E-state index contributed by atoms with van der Waals surface area (Å²) in [5, 5.41) is 11.7. The molecule has 0 fully saturated rings. The first-order chi connectivity index (χ1) is 10.4. The number of thioether (sulfide) groups is 1. The summed E-state index contributed by atoms with van der Waals surface area (Å²) in [4.78, 5) is 12.1. The molecular formula is C14H16ClN3O2S2. The van der Waals surface area contributed by atoms with Gasteiger partial charge in [0.25, 0.3) is 5.91 Å². The molecule has 0 spiro atoms. The predicted octanol–water partition coefficient (Wildman–Crippen LogP) is 3.94. The Morgan fingerprint density at radius 1 is 1.36 bits per heavy atom. The van der Waals surface area contributed by atoms with Gasteiger partial charge in [-0.1, -0.05) is 34.7 Å². The first kappa shape index (κ1) is 17.1. The van der Waals surface area contributed by atoms with E-state index in [2.05, 4.69) is 15.5 Å². The van der Waals surface area contributed by atoms with Gasteiger partial charge in [-0.05, 0) is 50.3 Å². The Hall–Kier alpha value is -1.31. The van der Waals surface area contributed by atoms with Gasteiger partial charge < -0.3 is 4.74 Å². The summed E-state index contributed by atoms with van der Waals surface area (Å²) in [5.74, 6) is 0.346. The highest BCUT2D eigenvalue weighted by atomic mass is 35.5. The van der Waals surface area contributed by atoms with Crippen LogP contribution in [-0.2, 0) is 4.79 Å². The monoisotopic (exact) mass is 357 g/mol. The maximum Gasteiger partial charge on any atom is 0.266 e. The Morgan fingerprint density at radius 2 is 2.00 bits per heavy atom. The highest BCUT2D eigenvalue weighted by molar-refractivity contribution is 8.00. The van der Waals surface area contributed by atoms with Crippen LogP contribution in [0.3, 0.4) is 0 Å². The maximum absolute atomic E-state index is 12.1. The van der Waals surface area contributed by atoms with E-state index in [4.69, 9.17) is 16.3 Å². The van der Waals surface area contributed by atoms with E-state index in [0.717, 1.165) is 15.5 Å². The number of aryl methyl sites for hydroxylation is 2. The number of benzene rings is 1. The van der Waals surface area contributed by atoms with E-state index in [1.54, 1.807) is 6.92 Å². The molecule has 1 aromatic carbocycles. The summed E-state index contributed by atoms with van der Waals surface area (Å²) in [6.07, 6.45) is 1.25. The van der Waals surface area contributed by atoms with Crippen LogP contribution in [0.25, 0.3) is 0 Å². The fourth-order valence-electron chi connectivity index (χ4n) is 1.78. The van der Waals surface area contributed by atoms with Crippen molar-refractivity contribution in [1.82, 2.24) is 10.2 Å². The first-order valence-electron chi connectivity index (χ1n) is 6.52. The van der Waals surface area contributed by atoms with Crippen molar-refractivity contribution in [1.29, 1.82) is 0 Å². The van der Waals surface area contributed by atoms with Crippen molar-refractivity contribution in [2.75, 3.05) is 11.6 Å². The van der Waals surface area contributed by atoms with E-state index in [-0.39, 0.29) is 5.91 Å². The summed E-state index contributed by atoms with van der Waals surface area (Å²) in [6, 6.07) is 3.63.